The van der Waals surface area contributed by atoms with Crippen molar-refractivity contribution in [3.05, 3.63) is 80.6 Å². The minimum Gasteiger partial charge on any atom is -0.324 e. The lowest BCUT2D eigenvalue weighted by molar-refractivity contribution is 0.627. The minimum atomic E-state index is -0.228. The average molecular weight is 358 g/mol. The fourth-order valence-corrected chi connectivity index (χ4v) is 3.60. The van der Waals surface area contributed by atoms with Crippen molar-refractivity contribution in [2.24, 2.45) is 4.99 Å². The van der Waals surface area contributed by atoms with Crippen molar-refractivity contribution in [2.75, 3.05) is 6.26 Å². The molecule has 2 aliphatic heterocycles. The predicted octanol–water partition coefficient (Wildman–Crippen LogP) is 3.52. The Morgan fingerprint density at radius 1 is 1.21 bits per heavy atom. The van der Waals surface area contributed by atoms with Gasteiger partial charge in [-0.15, -0.1) is 11.8 Å². The summed E-state index contributed by atoms with van der Waals surface area (Å²) in [6.07, 6.45) is 8.53. The molecule has 24 heavy (non-hydrogen) atoms. The van der Waals surface area contributed by atoms with Crippen molar-refractivity contribution in [3.63, 3.8) is 0 Å². The molecule has 2 aliphatic rings. The first-order valence-corrected chi connectivity index (χ1v) is 8.98. The van der Waals surface area contributed by atoms with Gasteiger partial charge in [-0.2, -0.15) is 0 Å². The van der Waals surface area contributed by atoms with Crippen LogP contribution < -0.4 is 10.6 Å². The molecule has 1 aromatic heterocycles. The Morgan fingerprint density at radius 3 is 2.75 bits per heavy atom. The smallest absolute Gasteiger partial charge is 0.129 e. The van der Waals surface area contributed by atoms with Crippen molar-refractivity contribution >= 4 is 35.1 Å². The maximum atomic E-state index is 13.2. The van der Waals surface area contributed by atoms with Crippen LogP contribution >= 0.6 is 23.4 Å². The third-order valence-corrected chi connectivity index (χ3v) is 4.92. The SMILES string of the molecule is CSC1=C2CC(c3ccc(F)cc3)=CN2C=c2cc(Cl)ncc2=N1. The normalized spacial score (nSPS) is 16.0. The standard InChI is InChI=1S/C18H13ClFN3S/c1-24-18-16-6-12(11-2-4-14(20)5-3-11)9-23(16)10-13-7-17(19)21-8-15(13)22-18/h2-5,7-10H,6H2,1H3. The van der Waals surface area contributed by atoms with Gasteiger partial charge in [0, 0.05) is 24.0 Å². The molecule has 0 saturated heterocycles. The van der Waals surface area contributed by atoms with E-state index in [0.29, 0.717) is 5.15 Å². The maximum Gasteiger partial charge on any atom is 0.129 e. The summed E-state index contributed by atoms with van der Waals surface area (Å²) >= 11 is 7.62. The summed E-state index contributed by atoms with van der Waals surface area (Å²) in [6, 6.07) is 8.39. The van der Waals surface area contributed by atoms with Crippen LogP contribution in [0.1, 0.15) is 12.0 Å². The first kappa shape index (κ1) is 15.4. The maximum absolute atomic E-state index is 13.2. The van der Waals surface area contributed by atoms with Gasteiger partial charge in [0.25, 0.3) is 0 Å². The molecule has 0 bridgehead atoms. The van der Waals surface area contributed by atoms with Crippen LogP contribution in [0.4, 0.5) is 4.39 Å². The highest BCUT2D eigenvalue weighted by Gasteiger charge is 2.23. The molecule has 0 spiro atoms. The lowest BCUT2D eigenvalue weighted by atomic mass is 10.0. The van der Waals surface area contributed by atoms with E-state index in [4.69, 9.17) is 16.6 Å². The highest BCUT2D eigenvalue weighted by atomic mass is 35.5. The first-order chi connectivity index (χ1) is 11.6. The first-order valence-electron chi connectivity index (χ1n) is 7.38. The van der Waals surface area contributed by atoms with E-state index in [2.05, 4.69) is 16.1 Å². The summed E-state index contributed by atoms with van der Waals surface area (Å²) in [4.78, 5) is 10.9. The van der Waals surface area contributed by atoms with E-state index in [-0.39, 0.29) is 5.82 Å². The molecule has 0 N–H and O–H groups in total. The monoisotopic (exact) mass is 357 g/mol. The van der Waals surface area contributed by atoms with Gasteiger partial charge >= 0.3 is 0 Å². The Hall–Kier alpha value is -2.11. The van der Waals surface area contributed by atoms with Crippen molar-refractivity contribution in [2.45, 2.75) is 6.42 Å². The van der Waals surface area contributed by atoms with E-state index in [1.54, 1.807) is 30.1 Å². The molecule has 0 amide bonds. The Labute approximate surface area is 147 Å². The summed E-state index contributed by atoms with van der Waals surface area (Å²) in [5, 5.41) is 3.12. The van der Waals surface area contributed by atoms with E-state index in [1.807, 2.05) is 18.5 Å². The Bertz CT molecular complexity index is 996. The molecule has 0 aliphatic carbocycles. The third-order valence-electron chi connectivity index (χ3n) is 4.00. The Balaban J connectivity index is 1.85. The van der Waals surface area contributed by atoms with Gasteiger partial charge in [-0.25, -0.2) is 14.4 Å². The molecule has 6 heteroatoms. The van der Waals surface area contributed by atoms with E-state index in [0.717, 1.165) is 38.9 Å². The average Bonchev–Trinajstić information content (AvgIpc) is 2.92. The number of pyridine rings is 1. The molecule has 4 rings (SSSR count). The topological polar surface area (TPSA) is 28.5 Å². The molecule has 0 fully saturated rings. The van der Waals surface area contributed by atoms with Gasteiger partial charge in [0.05, 0.1) is 17.3 Å². The molecule has 3 heterocycles. The number of fused-ring (bicyclic) bond motifs is 2. The van der Waals surface area contributed by atoms with Crippen molar-refractivity contribution in [1.82, 2.24) is 9.88 Å². The molecule has 2 aromatic rings. The van der Waals surface area contributed by atoms with Crippen molar-refractivity contribution in [1.29, 1.82) is 0 Å². The van der Waals surface area contributed by atoms with Crippen LogP contribution in [0.3, 0.4) is 0 Å². The van der Waals surface area contributed by atoms with Gasteiger partial charge in [0.1, 0.15) is 16.0 Å². The molecule has 0 unspecified atom stereocenters. The van der Waals surface area contributed by atoms with Gasteiger partial charge < -0.3 is 4.90 Å². The van der Waals surface area contributed by atoms with E-state index >= 15 is 0 Å². The van der Waals surface area contributed by atoms with Gasteiger partial charge in [-0.3, -0.25) is 0 Å². The quantitative estimate of drug-likeness (QED) is 0.770. The van der Waals surface area contributed by atoms with Gasteiger partial charge in [0.15, 0.2) is 0 Å². The fourth-order valence-electron chi connectivity index (χ4n) is 2.83. The number of benzene rings is 1. The second-order valence-electron chi connectivity index (χ2n) is 5.51. The third kappa shape index (κ3) is 2.74. The van der Waals surface area contributed by atoms with Crippen molar-refractivity contribution in [3.8, 4) is 0 Å². The zero-order valence-corrected chi connectivity index (χ0v) is 14.4. The van der Waals surface area contributed by atoms with Crippen LogP contribution in [0, 0.1) is 5.82 Å². The molecule has 120 valence electrons. The Kier molecular flexibility index (Phi) is 3.90. The van der Waals surface area contributed by atoms with Gasteiger partial charge in [-0.05, 0) is 35.6 Å². The molecule has 0 atom stereocenters. The van der Waals surface area contributed by atoms with Crippen LogP contribution in [0.2, 0.25) is 5.15 Å². The second kappa shape index (κ2) is 6.07. The van der Waals surface area contributed by atoms with Gasteiger partial charge in [-0.1, -0.05) is 23.7 Å². The lowest BCUT2D eigenvalue weighted by Crippen LogP contribution is -2.26. The molecule has 1 aromatic carbocycles. The zero-order valence-electron chi connectivity index (χ0n) is 12.8. The van der Waals surface area contributed by atoms with Crippen LogP contribution in [0.5, 0.6) is 0 Å². The number of nitrogens with zero attached hydrogens (tertiary/aromatic N) is 3. The number of allylic oxidation sites excluding steroid dienone is 1. The zero-order chi connectivity index (χ0) is 16.7. The summed E-state index contributed by atoms with van der Waals surface area (Å²) in [5.41, 5.74) is 3.25. The summed E-state index contributed by atoms with van der Waals surface area (Å²) in [5.74, 6) is -0.228. The Morgan fingerprint density at radius 2 is 2.00 bits per heavy atom. The fraction of sp³-hybridized carbons (Fsp3) is 0.111. The molecule has 0 saturated carbocycles. The van der Waals surface area contributed by atoms with Crippen molar-refractivity contribution < 1.29 is 4.39 Å². The number of rotatable bonds is 2. The second-order valence-corrected chi connectivity index (χ2v) is 6.69. The minimum absolute atomic E-state index is 0.228. The van der Waals surface area contributed by atoms with Crippen LogP contribution in [-0.4, -0.2) is 16.1 Å². The van der Waals surface area contributed by atoms with E-state index in [1.165, 1.54) is 12.1 Å². The van der Waals surface area contributed by atoms with Crippen LogP contribution in [-0.2, 0) is 0 Å². The number of halogens is 2. The predicted molar refractivity (Wildman–Crippen MR) is 95.9 cm³/mol. The van der Waals surface area contributed by atoms with E-state index in [9.17, 15) is 4.39 Å². The molecule has 3 nitrogen and oxygen atoms in total. The summed E-state index contributed by atoms with van der Waals surface area (Å²) in [6.45, 7) is 0. The number of hydrogen-bond acceptors (Lipinski definition) is 4. The largest absolute Gasteiger partial charge is 0.324 e. The van der Waals surface area contributed by atoms with Crippen LogP contribution in [0.15, 0.2) is 58.4 Å². The number of hydrogen-bond donors (Lipinski definition) is 0. The molecular weight excluding hydrogens is 345 g/mol. The molecule has 0 radical (unpaired) electrons. The highest BCUT2D eigenvalue weighted by molar-refractivity contribution is 8.02. The van der Waals surface area contributed by atoms with Crippen LogP contribution in [0.25, 0.3) is 11.8 Å². The number of aromatic nitrogens is 1. The lowest BCUT2D eigenvalue weighted by Gasteiger charge is -2.13. The van der Waals surface area contributed by atoms with Gasteiger partial charge in [0.2, 0.25) is 0 Å². The molecular formula is C18H13ClFN3S. The summed E-state index contributed by atoms with van der Waals surface area (Å²) < 4.78 is 13.2. The van der Waals surface area contributed by atoms with E-state index < -0.39 is 0 Å². The summed E-state index contributed by atoms with van der Waals surface area (Å²) in [7, 11) is 0. The highest BCUT2D eigenvalue weighted by Crippen LogP contribution is 2.37. The number of thioether (sulfide) groups is 1.